The monoisotopic (exact) mass is 412 g/mol. The number of benzene rings is 1. The molecule has 4 N–H and O–H groups in total. The predicted octanol–water partition coefficient (Wildman–Crippen LogP) is 1.52. The largest absolute Gasteiger partial charge is 0.356 e. The van der Waals surface area contributed by atoms with Crippen molar-refractivity contribution in [3.63, 3.8) is 0 Å². The molecule has 2 aromatic rings. The second-order valence-corrected chi connectivity index (χ2v) is 8.19. The van der Waals surface area contributed by atoms with Crippen LogP contribution < -0.4 is 16.0 Å². The molecule has 8 nitrogen and oxygen atoms in total. The van der Waals surface area contributed by atoms with Crippen LogP contribution >= 0.6 is 0 Å². The standard InChI is InChI=1S/C22H28N4O4/c1-13(2)9-18(21(29)24-16(12-27)10-15-7-8-23-20(15)28)26-22(30)19-11-14-5-3-4-6-17(14)25-19/h3-6,11-13,15-16,18,25H,7-10H2,1-2H3,(H,23,28)(H,24,29)(H,26,30)/t15-,16-,18+/m0/s1. The number of hydrogen-bond donors (Lipinski definition) is 4. The summed E-state index contributed by atoms with van der Waals surface area (Å²) in [5.74, 6) is -1.04. The van der Waals surface area contributed by atoms with E-state index >= 15 is 0 Å². The number of aromatic nitrogens is 1. The third-order valence-electron chi connectivity index (χ3n) is 5.30. The smallest absolute Gasteiger partial charge is 0.268 e. The Hall–Kier alpha value is -3.16. The van der Waals surface area contributed by atoms with Gasteiger partial charge in [0.25, 0.3) is 5.91 Å². The van der Waals surface area contributed by atoms with Crippen LogP contribution in [-0.2, 0) is 14.4 Å². The maximum atomic E-state index is 12.8. The zero-order valence-electron chi connectivity index (χ0n) is 17.2. The molecule has 1 aliphatic heterocycles. The molecule has 1 aromatic heterocycles. The molecule has 160 valence electrons. The molecule has 8 heteroatoms. The number of amides is 3. The average Bonchev–Trinajstić information content (AvgIpc) is 3.32. The lowest BCUT2D eigenvalue weighted by Crippen LogP contribution is -2.51. The third kappa shape index (κ3) is 5.25. The number of para-hydroxylation sites is 1. The Bertz CT molecular complexity index is 903. The summed E-state index contributed by atoms with van der Waals surface area (Å²) in [5.41, 5.74) is 1.20. The average molecular weight is 412 g/mol. The number of fused-ring (bicyclic) bond motifs is 1. The summed E-state index contributed by atoms with van der Waals surface area (Å²) in [6, 6.07) is 7.71. The molecule has 0 aliphatic carbocycles. The van der Waals surface area contributed by atoms with Gasteiger partial charge in [-0.3, -0.25) is 14.4 Å². The lowest BCUT2D eigenvalue weighted by atomic mass is 9.98. The van der Waals surface area contributed by atoms with E-state index in [0.29, 0.717) is 31.4 Å². The fraction of sp³-hybridized carbons (Fsp3) is 0.455. The summed E-state index contributed by atoms with van der Waals surface area (Å²) in [4.78, 5) is 51.9. The Balaban J connectivity index is 1.67. The quantitative estimate of drug-likeness (QED) is 0.467. The van der Waals surface area contributed by atoms with Crippen LogP contribution in [0.2, 0.25) is 0 Å². The van der Waals surface area contributed by atoms with E-state index < -0.39 is 18.0 Å². The van der Waals surface area contributed by atoms with E-state index in [2.05, 4.69) is 20.9 Å². The van der Waals surface area contributed by atoms with Crippen molar-refractivity contribution < 1.29 is 19.2 Å². The molecule has 0 unspecified atom stereocenters. The normalized spacial score (nSPS) is 18.1. The van der Waals surface area contributed by atoms with Gasteiger partial charge in [-0.15, -0.1) is 0 Å². The highest BCUT2D eigenvalue weighted by Gasteiger charge is 2.30. The molecule has 0 radical (unpaired) electrons. The molecular weight excluding hydrogens is 384 g/mol. The van der Waals surface area contributed by atoms with Crippen LogP contribution in [0.3, 0.4) is 0 Å². The van der Waals surface area contributed by atoms with Gasteiger partial charge in [-0.25, -0.2) is 0 Å². The molecule has 0 saturated carbocycles. The van der Waals surface area contributed by atoms with Crippen molar-refractivity contribution in [1.29, 1.82) is 0 Å². The fourth-order valence-electron chi connectivity index (χ4n) is 3.74. The van der Waals surface area contributed by atoms with E-state index in [1.54, 1.807) is 6.07 Å². The highest BCUT2D eigenvalue weighted by Crippen LogP contribution is 2.17. The summed E-state index contributed by atoms with van der Waals surface area (Å²) >= 11 is 0. The number of H-pyrrole nitrogens is 1. The van der Waals surface area contributed by atoms with Crippen molar-refractivity contribution >= 4 is 34.9 Å². The van der Waals surface area contributed by atoms with Gasteiger partial charge in [0.2, 0.25) is 11.8 Å². The number of aromatic amines is 1. The van der Waals surface area contributed by atoms with Gasteiger partial charge in [0.1, 0.15) is 18.0 Å². The molecule has 2 heterocycles. The number of carbonyl (C=O) groups excluding carboxylic acids is 4. The second kappa shape index (κ2) is 9.56. The first-order chi connectivity index (χ1) is 14.4. The summed E-state index contributed by atoms with van der Waals surface area (Å²) < 4.78 is 0. The van der Waals surface area contributed by atoms with Gasteiger partial charge in [-0.2, -0.15) is 0 Å². The van der Waals surface area contributed by atoms with Crippen LogP contribution in [0.4, 0.5) is 0 Å². The van der Waals surface area contributed by atoms with Gasteiger partial charge in [0.15, 0.2) is 0 Å². The maximum Gasteiger partial charge on any atom is 0.268 e. The Morgan fingerprint density at radius 1 is 1.23 bits per heavy atom. The van der Waals surface area contributed by atoms with E-state index in [1.165, 1.54) is 0 Å². The third-order valence-corrected chi connectivity index (χ3v) is 5.30. The Morgan fingerprint density at radius 3 is 2.63 bits per heavy atom. The van der Waals surface area contributed by atoms with Crippen LogP contribution in [0.25, 0.3) is 10.9 Å². The summed E-state index contributed by atoms with van der Waals surface area (Å²) in [5, 5.41) is 9.11. The van der Waals surface area contributed by atoms with Gasteiger partial charge >= 0.3 is 0 Å². The molecule has 1 aliphatic rings. The van der Waals surface area contributed by atoms with Crippen LogP contribution in [0.5, 0.6) is 0 Å². The highest BCUT2D eigenvalue weighted by molar-refractivity contribution is 6.00. The van der Waals surface area contributed by atoms with Gasteiger partial charge in [-0.05, 0) is 37.3 Å². The second-order valence-electron chi connectivity index (χ2n) is 8.19. The highest BCUT2D eigenvalue weighted by atomic mass is 16.2. The fourth-order valence-corrected chi connectivity index (χ4v) is 3.74. The Labute approximate surface area is 175 Å². The predicted molar refractivity (Wildman–Crippen MR) is 113 cm³/mol. The van der Waals surface area contributed by atoms with Crippen molar-refractivity contribution in [2.75, 3.05) is 6.54 Å². The van der Waals surface area contributed by atoms with Crippen molar-refractivity contribution in [3.8, 4) is 0 Å². The molecule has 30 heavy (non-hydrogen) atoms. The zero-order chi connectivity index (χ0) is 21.7. The van der Waals surface area contributed by atoms with Crippen molar-refractivity contribution in [1.82, 2.24) is 20.9 Å². The lowest BCUT2D eigenvalue weighted by molar-refractivity contribution is -0.127. The minimum absolute atomic E-state index is 0.0954. The minimum Gasteiger partial charge on any atom is -0.356 e. The number of hydrogen-bond acceptors (Lipinski definition) is 4. The number of carbonyl (C=O) groups is 4. The van der Waals surface area contributed by atoms with Crippen molar-refractivity contribution in [3.05, 3.63) is 36.0 Å². The van der Waals surface area contributed by atoms with E-state index in [9.17, 15) is 19.2 Å². The minimum atomic E-state index is -0.788. The molecule has 1 saturated heterocycles. The molecule has 3 rings (SSSR count). The number of rotatable bonds is 9. The molecule has 3 amide bonds. The number of nitrogens with one attached hydrogen (secondary N) is 4. The molecular formula is C22H28N4O4. The zero-order valence-corrected chi connectivity index (χ0v) is 17.2. The SMILES string of the molecule is CC(C)C[C@@H](NC(=O)c1cc2ccccc2[nH]1)C(=O)N[C@H](C=O)C[C@@H]1CCNC1=O. The van der Waals surface area contributed by atoms with Crippen LogP contribution in [-0.4, -0.2) is 47.6 Å². The van der Waals surface area contributed by atoms with E-state index in [-0.39, 0.29) is 30.1 Å². The van der Waals surface area contributed by atoms with E-state index in [1.807, 2.05) is 38.1 Å². The van der Waals surface area contributed by atoms with Gasteiger partial charge in [-0.1, -0.05) is 32.0 Å². The lowest BCUT2D eigenvalue weighted by Gasteiger charge is -2.23. The molecule has 0 spiro atoms. The number of aldehydes is 1. The van der Waals surface area contributed by atoms with Crippen molar-refractivity contribution in [2.45, 2.75) is 45.2 Å². The van der Waals surface area contributed by atoms with Crippen molar-refractivity contribution in [2.24, 2.45) is 11.8 Å². The summed E-state index contributed by atoms with van der Waals surface area (Å²) in [6.45, 7) is 4.49. The first-order valence-corrected chi connectivity index (χ1v) is 10.3. The molecule has 1 fully saturated rings. The first kappa shape index (κ1) is 21.5. The van der Waals surface area contributed by atoms with E-state index in [0.717, 1.165) is 10.9 Å². The Kier molecular flexibility index (Phi) is 6.87. The van der Waals surface area contributed by atoms with Gasteiger partial charge in [0, 0.05) is 23.4 Å². The first-order valence-electron chi connectivity index (χ1n) is 10.3. The summed E-state index contributed by atoms with van der Waals surface area (Å²) in [7, 11) is 0. The van der Waals surface area contributed by atoms with Crippen LogP contribution in [0, 0.1) is 11.8 Å². The van der Waals surface area contributed by atoms with Gasteiger partial charge in [0.05, 0.1) is 6.04 Å². The summed E-state index contributed by atoms with van der Waals surface area (Å²) in [6.07, 6.45) is 1.97. The van der Waals surface area contributed by atoms with Crippen LogP contribution in [0.15, 0.2) is 30.3 Å². The van der Waals surface area contributed by atoms with Crippen LogP contribution in [0.1, 0.15) is 43.6 Å². The van der Waals surface area contributed by atoms with E-state index in [4.69, 9.17) is 0 Å². The Morgan fingerprint density at radius 2 is 2.00 bits per heavy atom. The molecule has 0 bridgehead atoms. The molecule has 3 atom stereocenters. The maximum absolute atomic E-state index is 12.8. The topological polar surface area (TPSA) is 120 Å². The van der Waals surface area contributed by atoms with Gasteiger partial charge < -0.3 is 25.7 Å². The molecule has 1 aromatic carbocycles.